The number of carbonyl (C=O) groups excluding carboxylic acids is 1. The molecule has 8 nitrogen and oxygen atoms in total. The first-order valence-electron chi connectivity index (χ1n) is 9.88. The van der Waals surface area contributed by atoms with E-state index in [9.17, 15) is 13.6 Å². The third-order valence-electron chi connectivity index (χ3n) is 5.40. The third-order valence-corrected chi connectivity index (χ3v) is 5.40. The number of rotatable bonds is 3. The summed E-state index contributed by atoms with van der Waals surface area (Å²) in [6.07, 6.45) is 2.53. The predicted octanol–water partition coefficient (Wildman–Crippen LogP) is 2.15. The van der Waals surface area contributed by atoms with Gasteiger partial charge in [-0.25, -0.2) is 23.2 Å². The number of nitrogens with one attached hydrogen (secondary N) is 2. The zero-order valence-corrected chi connectivity index (χ0v) is 16.2. The molecule has 2 amide bonds. The number of anilines is 2. The first-order chi connectivity index (χ1) is 14.6. The van der Waals surface area contributed by atoms with Gasteiger partial charge in [-0.1, -0.05) is 0 Å². The number of amides is 2. The summed E-state index contributed by atoms with van der Waals surface area (Å²) >= 11 is 0. The van der Waals surface area contributed by atoms with Crippen molar-refractivity contribution in [2.24, 2.45) is 0 Å². The lowest BCUT2D eigenvalue weighted by Gasteiger charge is -2.34. The van der Waals surface area contributed by atoms with E-state index in [4.69, 9.17) is 0 Å². The van der Waals surface area contributed by atoms with Crippen molar-refractivity contribution in [3.63, 3.8) is 0 Å². The second kappa shape index (κ2) is 7.52. The number of aromatic nitrogens is 3. The Morgan fingerprint density at radius 3 is 2.77 bits per heavy atom. The highest BCUT2D eigenvalue weighted by Gasteiger charge is 2.30. The van der Waals surface area contributed by atoms with E-state index in [0.717, 1.165) is 37.3 Å². The molecular weight excluding hydrogens is 392 g/mol. The van der Waals surface area contributed by atoms with Gasteiger partial charge in [-0.3, -0.25) is 0 Å². The first kappa shape index (κ1) is 18.7. The van der Waals surface area contributed by atoms with Crippen molar-refractivity contribution in [1.82, 2.24) is 25.0 Å². The second-order valence-electron chi connectivity index (χ2n) is 7.52. The molecule has 2 N–H and O–H groups in total. The topological polar surface area (TPSA) is 78.3 Å². The van der Waals surface area contributed by atoms with Gasteiger partial charge in [0.25, 0.3) is 0 Å². The molecule has 10 heteroatoms. The van der Waals surface area contributed by atoms with Crippen molar-refractivity contribution in [3.05, 3.63) is 42.5 Å². The molecule has 3 aromatic rings. The van der Waals surface area contributed by atoms with Gasteiger partial charge in [0, 0.05) is 43.4 Å². The molecule has 0 atom stereocenters. The zero-order valence-electron chi connectivity index (χ0n) is 16.2. The molecule has 30 heavy (non-hydrogen) atoms. The van der Waals surface area contributed by atoms with Gasteiger partial charge in [0.05, 0.1) is 25.0 Å². The Morgan fingerprint density at radius 1 is 1.20 bits per heavy atom. The monoisotopic (exact) mass is 413 g/mol. The number of hydrogen-bond acceptors (Lipinski definition) is 5. The van der Waals surface area contributed by atoms with Crippen molar-refractivity contribution in [3.8, 4) is 5.69 Å². The van der Waals surface area contributed by atoms with Crippen LogP contribution in [0.1, 0.15) is 0 Å². The van der Waals surface area contributed by atoms with Crippen LogP contribution in [-0.2, 0) is 0 Å². The molecule has 0 unspecified atom stereocenters. The van der Waals surface area contributed by atoms with E-state index in [1.807, 2.05) is 6.07 Å². The quantitative estimate of drug-likeness (QED) is 0.688. The van der Waals surface area contributed by atoms with Crippen LogP contribution < -0.4 is 15.5 Å². The van der Waals surface area contributed by atoms with Crippen LogP contribution in [0, 0.1) is 5.82 Å². The highest BCUT2D eigenvalue weighted by molar-refractivity contribution is 5.90. The number of likely N-dealkylation sites (tertiary alicyclic amines) is 1. The first-order valence-corrected chi connectivity index (χ1v) is 9.88. The molecule has 0 bridgehead atoms. The maximum Gasteiger partial charge on any atom is 0.322 e. The van der Waals surface area contributed by atoms with Gasteiger partial charge in [-0.15, -0.1) is 5.10 Å². The van der Waals surface area contributed by atoms with Crippen LogP contribution in [0.25, 0.3) is 16.7 Å². The van der Waals surface area contributed by atoms with Gasteiger partial charge in [-0.2, -0.15) is 0 Å². The van der Waals surface area contributed by atoms with E-state index in [1.54, 1.807) is 12.4 Å². The fourth-order valence-electron chi connectivity index (χ4n) is 3.68. The van der Waals surface area contributed by atoms with Crippen LogP contribution in [0.2, 0.25) is 0 Å². The van der Waals surface area contributed by atoms with Crippen LogP contribution in [-0.4, -0.2) is 71.1 Å². The van der Waals surface area contributed by atoms with Crippen LogP contribution in [0.5, 0.6) is 0 Å². The lowest BCUT2D eigenvalue weighted by atomic mass is 10.2. The van der Waals surface area contributed by atoms with Crippen LogP contribution in [0.4, 0.5) is 25.0 Å². The standard InChI is InChI=1S/C20H21F2N7O/c21-14-11-28(12-14)20(30)25-15-1-2-17(22)18(8-15)29-10-13-7-16(9-24-19(13)26-29)27-5-3-23-4-6-27/h1-2,7-10,14,23H,3-6,11-12H2,(H,25,30). The van der Waals surface area contributed by atoms with E-state index >= 15 is 0 Å². The largest absolute Gasteiger partial charge is 0.368 e. The fraction of sp³-hybridized carbons (Fsp3) is 0.350. The highest BCUT2D eigenvalue weighted by atomic mass is 19.1. The molecule has 2 aromatic heterocycles. The molecule has 4 heterocycles. The van der Waals surface area contributed by atoms with Gasteiger partial charge in [-0.05, 0) is 24.3 Å². The average molecular weight is 413 g/mol. The molecule has 5 rings (SSSR count). The SMILES string of the molecule is O=C(Nc1ccc(F)c(-n2cc3cc(N4CCNCC4)cnc3n2)c1)N1CC(F)C1. The molecular formula is C20H21F2N7O. The van der Waals surface area contributed by atoms with Gasteiger partial charge in [0.2, 0.25) is 0 Å². The minimum Gasteiger partial charge on any atom is -0.368 e. The number of urea groups is 1. The van der Waals surface area contributed by atoms with E-state index in [-0.39, 0.29) is 18.8 Å². The van der Waals surface area contributed by atoms with Crippen molar-refractivity contribution in [2.45, 2.75) is 6.17 Å². The summed E-state index contributed by atoms with van der Waals surface area (Å²) < 4.78 is 28.9. The minimum atomic E-state index is -0.977. The van der Waals surface area contributed by atoms with Crippen molar-refractivity contribution < 1.29 is 13.6 Å². The van der Waals surface area contributed by atoms with Crippen LogP contribution in [0.3, 0.4) is 0 Å². The number of halogens is 2. The van der Waals surface area contributed by atoms with Gasteiger partial charge < -0.3 is 20.4 Å². The number of alkyl halides is 1. The summed E-state index contributed by atoms with van der Waals surface area (Å²) in [5, 5.41) is 11.2. The Labute approximate surface area is 171 Å². The number of fused-ring (bicyclic) bond motifs is 1. The summed E-state index contributed by atoms with van der Waals surface area (Å²) in [6.45, 7) is 3.79. The Balaban J connectivity index is 1.40. The Morgan fingerprint density at radius 2 is 2.00 bits per heavy atom. The second-order valence-corrected chi connectivity index (χ2v) is 7.52. The number of piperazine rings is 1. The van der Waals surface area contributed by atoms with Crippen molar-refractivity contribution in [2.75, 3.05) is 49.5 Å². The fourth-order valence-corrected chi connectivity index (χ4v) is 3.68. The molecule has 156 valence electrons. The number of pyridine rings is 1. The zero-order chi connectivity index (χ0) is 20.7. The minimum absolute atomic E-state index is 0.0749. The molecule has 0 aliphatic carbocycles. The maximum atomic E-state index is 14.5. The molecule has 0 spiro atoms. The summed E-state index contributed by atoms with van der Waals surface area (Å²) in [4.78, 5) is 20.1. The molecule has 0 radical (unpaired) electrons. The molecule has 0 saturated carbocycles. The lowest BCUT2D eigenvalue weighted by molar-refractivity contribution is 0.0974. The van der Waals surface area contributed by atoms with Gasteiger partial charge >= 0.3 is 6.03 Å². The Hall–Kier alpha value is -3.27. The normalized spacial score (nSPS) is 17.3. The smallest absolute Gasteiger partial charge is 0.322 e. The highest BCUT2D eigenvalue weighted by Crippen LogP contribution is 2.24. The van der Waals surface area contributed by atoms with E-state index in [0.29, 0.717) is 11.3 Å². The maximum absolute atomic E-state index is 14.5. The van der Waals surface area contributed by atoms with Gasteiger partial charge in [0.15, 0.2) is 5.65 Å². The number of nitrogens with zero attached hydrogens (tertiary/aromatic N) is 5. The Bertz CT molecular complexity index is 1090. The van der Waals surface area contributed by atoms with E-state index in [2.05, 4.69) is 25.6 Å². The van der Waals surface area contributed by atoms with Crippen molar-refractivity contribution >= 4 is 28.4 Å². The van der Waals surface area contributed by atoms with Gasteiger partial charge in [0.1, 0.15) is 17.7 Å². The average Bonchev–Trinajstić information content (AvgIpc) is 3.16. The van der Waals surface area contributed by atoms with Crippen LogP contribution in [0.15, 0.2) is 36.7 Å². The molecule has 2 saturated heterocycles. The number of hydrogen-bond donors (Lipinski definition) is 2. The molecule has 2 aliphatic heterocycles. The van der Waals surface area contributed by atoms with Crippen molar-refractivity contribution in [1.29, 1.82) is 0 Å². The number of benzene rings is 1. The third kappa shape index (κ3) is 3.54. The summed E-state index contributed by atoms with van der Waals surface area (Å²) in [5.41, 5.74) is 2.12. The summed E-state index contributed by atoms with van der Waals surface area (Å²) in [7, 11) is 0. The van der Waals surface area contributed by atoms with Crippen LogP contribution >= 0.6 is 0 Å². The summed E-state index contributed by atoms with van der Waals surface area (Å²) in [5.74, 6) is -0.476. The molecule has 2 aliphatic rings. The predicted molar refractivity (Wildman–Crippen MR) is 109 cm³/mol. The van der Waals surface area contributed by atoms with E-state index in [1.165, 1.54) is 27.8 Å². The lowest BCUT2D eigenvalue weighted by Crippen LogP contribution is -2.53. The summed E-state index contributed by atoms with van der Waals surface area (Å²) in [6, 6.07) is 5.83. The molecule has 2 fully saturated rings. The Kier molecular flexibility index (Phi) is 4.70. The number of carbonyl (C=O) groups is 1. The molecule has 1 aromatic carbocycles. The van der Waals surface area contributed by atoms with E-state index < -0.39 is 18.0 Å².